The Morgan fingerprint density at radius 3 is 1.57 bits per heavy atom. The molecule has 0 aliphatic carbocycles. The first-order valence-corrected chi connectivity index (χ1v) is 14.5. The van der Waals surface area contributed by atoms with E-state index in [1.807, 2.05) is 27.7 Å². The number of esters is 2. The minimum atomic E-state index is -0.647. The van der Waals surface area contributed by atoms with Crippen LogP contribution in [0.5, 0.6) is 11.5 Å². The van der Waals surface area contributed by atoms with Gasteiger partial charge in [-0.2, -0.15) is 0 Å². The van der Waals surface area contributed by atoms with Gasteiger partial charge in [0.05, 0.1) is 0 Å². The van der Waals surface area contributed by atoms with Gasteiger partial charge in [-0.15, -0.1) is 0 Å². The van der Waals surface area contributed by atoms with Crippen LogP contribution in [0.3, 0.4) is 0 Å². The minimum Gasteiger partial charge on any atom is -0.461 e. The first-order valence-electron chi connectivity index (χ1n) is 14.5. The molecule has 0 unspecified atom stereocenters. The molecule has 0 saturated carbocycles. The van der Waals surface area contributed by atoms with Crippen LogP contribution >= 0.6 is 0 Å². The summed E-state index contributed by atoms with van der Waals surface area (Å²) in [4.78, 5) is 48.3. The van der Waals surface area contributed by atoms with Crippen molar-refractivity contribution in [1.29, 1.82) is 0 Å². The molecule has 2 rings (SSSR count). The molecule has 0 spiro atoms. The van der Waals surface area contributed by atoms with Crippen molar-refractivity contribution < 1.29 is 38.1 Å². The highest BCUT2D eigenvalue weighted by molar-refractivity contribution is 5.72. The highest BCUT2D eigenvalue weighted by Gasteiger charge is 2.31. The van der Waals surface area contributed by atoms with Gasteiger partial charge in [-0.1, -0.05) is 63.4 Å². The maximum Gasteiger partial charge on any atom is 0.413 e. The Morgan fingerprint density at radius 1 is 0.705 bits per heavy atom. The Morgan fingerprint density at radius 2 is 1.14 bits per heavy atom. The second-order valence-corrected chi connectivity index (χ2v) is 11.7. The summed E-state index contributed by atoms with van der Waals surface area (Å²) in [7, 11) is 0. The highest BCUT2D eigenvalue weighted by Crippen LogP contribution is 2.27. The molecule has 2 N–H and O–H groups in total. The van der Waals surface area contributed by atoms with Gasteiger partial charge >= 0.3 is 24.1 Å². The highest BCUT2D eigenvalue weighted by atomic mass is 16.6. The normalized spacial score (nSPS) is 11.1. The third-order valence-corrected chi connectivity index (χ3v) is 6.30. The smallest absolute Gasteiger partial charge is 0.413 e. The van der Waals surface area contributed by atoms with Crippen LogP contribution in [0, 0.1) is 5.41 Å². The van der Waals surface area contributed by atoms with Crippen LogP contribution in [0.15, 0.2) is 73.8 Å². The summed E-state index contributed by atoms with van der Waals surface area (Å²) in [5.74, 6) is 0.150. The van der Waals surface area contributed by atoms with Crippen LogP contribution in [0.1, 0.15) is 58.1 Å². The van der Waals surface area contributed by atoms with Crippen LogP contribution < -0.4 is 20.1 Å². The molecule has 0 aromatic heterocycles. The second kappa shape index (κ2) is 17.5. The van der Waals surface area contributed by atoms with Gasteiger partial charge in [-0.05, 0) is 73.9 Å². The molecule has 0 heterocycles. The number of nitrogens with one attached hydrogen (secondary N) is 2. The van der Waals surface area contributed by atoms with Gasteiger partial charge in [0, 0.05) is 24.9 Å². The molecule has 0 radical (unpaired) electrons. The second-order valence-electron chi connectivity index (χ2n) is 11.7. The van der Waals surface area contributed by atoms with E-state index < -0.39 is 23.1 Å². The SMILES string of the molecule is C=CCOC(=O)CCc1ccc(OC(=O)NCC(C)(C)CC(C)(C)NC(=O)Oc2ccc(CCC(=O)OCC=C)cc2)cc1. The van der Waals surface area contributed by atoms with E-state index in [2.05, 4.69) is 23.8 Å². The van der Waals surface area contributed by atoms with Gasteiger partial charge in [-0.3, -0.25) is 9.59 Å². The zero-order chi connectivity index (χ0) is 32.6. The van der Waals surface area contributed by atoms with Crippen LogP contribution in [0.25, 0.3) is 0 Å². The molecule has 44 heavy (non-hydrogen) atoms. The molecular weight excluding hydrogens is 564 g/mol. The number of benzene rings is 2. The maximum atomic E-state index is 12.6. The van der Waals surface area contributed by atoms with Crippen molar-refractivity contribution in [2.75, 3.05) is 19.8 Å². The topological polar surface area (TPSA) is 129 Å². The Labute approximate surface area is 259 Å². The third kappa shape index (κ3) is 14.5. The molecule has 0 aliphatic rings. The fourth-order valence-electron chi connectivity index (χ4n) is 4.56. The molecule has 10 nitrogen and oxygen atoms in total. The Bertz CT molecular complexity index is 1270. The summed E-state index contributed by atoms with van der Waals surface area (Å²) in [5.41, 5.74) is 0.788. The number of amides is 2. The standard InChI is InChI=1S/C34H44N2O8/c1-7-21-41-29(37)19-13-25-9-15-27(16-10-25)43-31(39)35-24-33(3,4)23-34(5,6)36-32(40)44-28-17-11-26(12-18-28)14-20-30(38)42-22-8-2/h7-12,15-18H,1-2,13-14,19-24H2,3-6H3,(H,35,39)(H,36,40). The van der Waals surface area contributed by atoms with Gasteiger partial charge in [0.15, 0.2) is 0 Å². The summed E-state index contributed by atoms with van der Waals surface area (Å²) in [6.07, 6.45) is 3.88. The third-order valence-electron chi connectivity index (χ3n) is 6.30. The molecule has 0 atom stereocenters. The fourth-order valence-corrected chi connectivity index (χ4v) is 4.56. The van der Waals surface area contributed by atoms with Crippen LogP contribution in [0.4, 0.5) is 9.59 Å². The van der Waals surface area contributed by atoms with Gasteiger partial charge in [0.25, 0.3) is 0 Å². The molecule has 2 amide bonds. The van der Waals surface area contributed by atoms with Crippen molar-refractivity contribution in [1.82, 2.24) is 10.6 Å². The summed E-state index contributed by atoms with van der Waals surface area (Å²) >= 11 is 0. The number of rotatable bonds is 17. The number of ether oxygens (including phenoxy) is 4. The van der Waals surface area contributed by atoms with Crippen molar-refractivity contribution in [3.8, 4) is 11.5 Å². The van der Waals surface area contributed by atoms with E-state index in [1.54, 1.807) is 48.5 Å². The lowest BCUT2D eigenvalue weighted by molar-refractivity contribution is -0.143. The van der Waals surface area contributed by atoms with Crippen LogP contribution in [-0.4, -0.2) is 49.4 Å². The molecule has 2 aromatic rings. The maximum absolute atomic E-state index is 12.6. The summed E-state index contributed by atoms with van der Waals surface area (Å²) < 4.78 is 20.8. The monoisotopic (exact) mass is 608 g/mol. The number of aryl methyl sites for hydroxylation is 2. The molecule has 10 heteroatoms. The lowest BCUT2D eigenvalue weighted by Crippen LogP contribution is -2.49. The number of carbonyl (C=O) groups excluding carboxylic acids is 4. The molecule has 2 aromatic carbocycles. The van der Waals surface area contributed by atoms with E-state index in [1.165, 1.54) is 12.2 Å². The van der Waals surface area contributed by atoms with E-state index in [0.29, 0.717) is 37.3 Å². The Hall–Kier alpha value is -4.60. The summed E-state index contributed by atoms with van der Waals surface area (Å²) in [6.45, 7) is 15.4. The average molecular weight is 609 g/mol. The van der Waals surface area contributed by atoms with Gasteiger partial charge in [0.1, 0.15) is 24.7 Å². The molecular formula is C34H44N2O8. The zero-order valence-corrected chi connectivity index (χ0v) is 26.1. The largest absolute Gasteiger partial charge is 0.461 e. The van der Waals surface area contributed by atoms with E-state index >= 15 is 0 Å². The lowest BCUT2D eigenvalue weighted by atomic mass is 9.80. The van der Waals surface area contributed by atoms with Crippen molar-refractivity contribution in [3.63, 3.8) is 0 Å². The zero-order valence-electron chi connectivity index (χ0n) is 26.1. The fraction of sp³-hybridized carbons (Fsp3) is 0.412. The minimum absolute atomic E-state index is 0.188. The number of hydrogen-bond donors (Lipinski definition) is 2. The summed E-state index contributed by atoms with van der Waals surface area (Å²) in [6, 6.07) is 13.9. The summed E-state index contributed by atoms with van der Waals surface area (Å²) in [5, 5.41) is 5.67. The van der Waals surface area contributed by atoms with E-state index in [9.17, 15) is 19.2 Å². The van der Waals surface area contributed by atoms with E-state index in [0.717, 1.165) is 11.1 Å². The quantitative estimate of drug-likeness (QED) is 0.163. The van der Waals surface area contributed by atoms with Gasteiger partial charge in [-0.25, -0.2) is 9.59 Å². The molecule has 0 bridgehead atoms. The lowest BCUT2D eigenvalue weighted by Gasteiger charge is -2.35. The first kappa shape index (κ1) is 35.6. The van der Waals surface area contributed by atoms with Crippen molar-refractivity contribution >= 4 is 24.1 Å². The number of carbonyl (C=O) groups is 4. The molecule has 238 valence electrons. The van der Waals surface area contributed by atoms with E-state index in [-0.39, 0.29) is 38.0 Å². The van der Waals surface area contributed by atoms with Crippen LogP contribution in [0.2, 0.25) is 0 Å². The molecule has 0 fully saturated rings. The predicted octanol–water partition coefficient (Wildman–Crippen LogP) is 6.08. The molecule has 0 saturated heterocycles. The van der Waals surface area contributed by atoms with Crippen LogP contribution in [-0.2, 0) is 31.9 Å². The Kier molecular flexibility index (Phi) is 14.2. The number of hydrogen-bond acceptors (Lipinski definition) is 8. The first-order chi connectivity index (χ1) is 20.8. The van der Waals surface area contributed by atoms with Gasteiger partial charge in [0.2, 0.25) is 0 Å². The van der Waals surface area contributed by atoms with Crippen molar-refractivity contribution in [2.45, 2.75) is 65.3 Å². The van der Waals surface area contributed by atoms with Gasteiger partial charge < -0.3 is 29.6 Å². The molecule has 0 aliphatic heterocycles. The van der Waals surface area contributed by atoms with Crippen molar-refractivity contribution in [2.24, 2.45) is 5.41 Å². The predicted molar refractivity (Wildman–Crippen MR) is 168 cm³/mol. The average Bonchev–Trinajstić information content (AvgIpc) is 2.96. The Balaban J connectivity index is 1.76. The van der Waals surface area contributed by atoms with Crippen molar-refractivity contribution in [3.05, 3.63) is 85.0 Å². The van der Waals surface area contributed by atoms with E-state index in [4.69, 9.17) is 18.9 Å².